The molecule has 7 heteroatoms. The lowest BCUT2D eigenvalue weighted by Gasteiger charge is -2.18. The van der Waals surface area contributed by atoms with Gasteiger partial charge in [-0.2, -0.15) is 5.10 Å². The summed E-state index contributed by atoms with van der Waals surface area (Å²) in [5.41, 5.74) is 1.32. The van der Waals surface area contributed by atoms with E-state index in [0.29, 0.717) is 22.8 Å². The van der Waals surface area contributed by atoms with Crippen molar-refractivity contribution in [2.24, 2.45) is 7.05 Å². The van der Waals surface area contributed by atoms with Crippen LogP contribution < -0.4 is 9.47 Å². The highest BCUT2D eigenvalue weighted by molar-refractivity contribution is 9.10. The summed E-state index contributed by atoms with van der Waals surface area (Å²) < 4.78 is 13.6. The van der Waals surface area contributed by atoms with Gasteiger partial charge in [-0.15, -0.1) is 0 Å². The van der Waals surface area contributed by atoms with Crippen LogP contribution in [0, 0.1) is 0 Å². The Bertz CT molecular complexity index is 710. The molecule has 0 spiro atoms. The predicted molar refractivity (Wildman–Crippen MR) is 85.6 cm³/mol. The van der Waals surface area contributed by atoms with Crippen molar-refractivity contribution in [3.05, 3.63) is 28.4 Å². The molecule has 2 aromatic rings. The number of nitrogens with zero attached hydrogens (tertiary/aromatic N) is 2. The largest absolute Gasteiger partial charge is 0.493 e. The van der Waals surface area contributed by atoms with Crippen molar-refractivity contribution in [3.63, 3.8) is 0 Å². The Balaban J connectivity index is 2.67. The lowest BCUT2D eigenvalue weighted by molar-refractivity contribution is 0.0689. The van der Waals surface area contributed by atoms with E-state index in [1.54, 1.807) is 20.2 Å². The van der Waals surface area contributed by atoms with Crippen molar-refractivity contribution < 1.29 is 19.4 Å². The number of aromatic carboxylic acids is 1. The number of hydrogen-bond donors (Lipinski definition) is 1. The summed E-state index contributed by atoms with van der Waals surface area (Å²) in [5, 5.41) is 13.1. The van der Waals surface area contributed by atoms with Crippen molar-refractivity contribution in [1.82, 2.24) is 9.78 Å². The van der Waals surface area contributed by atoms with E-state index in [0.717, 1.165) is 4.47 Å². The van der Waals surface area contributed by atoms with Crippen molar-refractivity contribution in [2.45, 2.75) is 20.0 Å². The summed E-state index contributed by atoms with van der Waals surface area (Å²) in [6.45, 7) is 3.83. The number of carbonyl (C=O) groups is 1. The third kappa shape index (κ3) is 3.24. The van der Waals surface area contributed by atoms with Crippen LogP contribution >= 0.6 is 15.9 Å². The molecule has 0 saturated carbocycles. The number of halogens is 1. The monoisotopic (exact) mass is 368 g/mol. The molecule has 1 heterocycles. The Labute approximate surface area is 136 Å². The minimum absolute atomic E-state index is 0.0214. The Hall–Kier alpha value is -2.02. The number of rotatable bonds is 5. The number of methoxy groups -OCH3 is 1. The van der Waals surface area contributed by atoms with E-state index in [1.807, 2.05) is 19.9 Å². The Morgan fingerprint density at radius 2 is 2.05 bits per heavy atom. The number of ether oxygens (including phenoxy) is 2. The molecule has 0 aliphatic carbocycles. The molecule has 0 amide bonds. The van der Waals surface area contributed by atoms with E-state index in [1.165, 1.54) is 10.7 Å². The van der Waals surface area contributed by atoms with Crippen LogP contribution in [0.3, 0.4) is 0 Å². The number of carboxylic acid groups (broad SMARTS) is 1. The van der Waals surface area contributed by atoms with Gasteiger partial charge in [-0.25, -0.2) is 4.79 Å². The van der Waals surface area contributed by atoms with Crippen molar-refractivity contribution in [2.75, 3.05) is 7.11 Å². The van der Waals surface area contributed by atoms with E-state index in [2.05, 4.69) is 21.0 Å². The molecule has 0 atom stereocenters. The second-order valence-electron chi connectivity index (χ2n) is 4.99. The summed E-state index contributed by atoms with van der Waals surface area (Å²) in [4.78, 5) is 11.1. The van der Waals surface area contributed by atoms with Crippen molar-refractivity contribution in [3.8, 4) is 22.8 Å². The first-order valence-electron chi connectivity index (χ1n) is 6.65. The van der Waals surface area contributed by atoms with Gasteiger partial charge in [0.2, 0.25) is 0 Å². The summed E-state index contributed by atoms with van der Waals surface area (Å²) >= 11 is 3.43. The first kappa shape index (κ1) is 16.4. The van der Waals surface area contributed by atoms with Gasteiger partial charge in [-0.3, -0.25) is 4.68 Å². The second kappa shape index (κ2) is 6.39. The Morgan fingerprint density at radius 1 is 1.36 bits per heavy atom. The van der Waals surface area contributed by atoms with Gasteiger partial charge in [0.05, 0.1) is 18.9 Å². The molecule has 0 fully saturated rings. The van der Waals surface area contributed by atoms with Crippen LogP contribution in [-0.4, -0.2) is 34.1 Å². The fourth-order valence-electron chi connectivity index (χ4n) is 2.09. The third-order valence-corrected chi connectivity index (χ3v) is 3.43. The second-order valence-corrected chi connectivity index (χ2v) is 5.91. The summed E-state index contributed by atoms with van der Waals surface area (Å²) in [6.07, 6.45) is -0.0546. The molecule has 118 valence electrons. The molecular weight excluding hydrogens is 352 g/mol. The zero-order valence-electron chi connectivity index (χ0n) is 12.8. The van der Waals surface area contributed by atoms with Crippen LogP contribution in [0.25, 0.3) is 11.3 Å². The number of carboxylic acids is 1. The Kier molecular flexibility index (Phi) is 4.75. The molecule has 0 radical (unpaired) electrons. The normalized spacial score (nSPS) is 10.8. The number of hydrogen-bond acceptors (Lipinski definition) is 4. The van der Waals surface area contributed by atoms with Crippen molar-refractivity contribution in [1.29, 1.82) is 0 Å². The molecular formula is C15H17BrN2O4. The topological polar surface area (TPSA) is 73.6 Å². The van der Waals surface area contributed by atoms with Crippen LogP contribution in [0.15, 0.2) is 22.7 Å². The van der Waals surface area contributed by atoms with Gasteiger partial charge in [0.15, 0.2) is 17.2 Å². The molecule has 1 aromatic carbocycles. The maximum Gasteiger partial charge on any atom is 0.356 e. The molecule has 1 aromatic heterocycles. The van der Waals surface area contributed by atoms with Crippen LogP contribution in [-0.2, 0) is 7.05 Å². The number of benzene rings is 1. The molecule has 1 N–H and O–H groups in total. The van der Waals surface area contributed by atoms with E-state index in [9.17, 15) is 4.79 Å². The van der Waals surface area contributed by atoms with Crippen LogP contribution in [0.1, 0.15) is 24.3 Å². The molecule has 0 aliphatic heterocycles. The van der Waals surface area contributed by atoms with Gasteiger partial charge in [0.1, 0.15) is 0 Å². The quantitative estimate of drug-likeness (QED) is 0.875. The van der Waals surface area contributed by atoms with Gasteiger partial charge < -0.3 is 14.6 Å². The average molecular weight is 369 g/mol. The molecule has 22 heavy (non-hydrogen) atoms. The maximum absolute atomic E-state index is 11.1. The summed E-state index contributed by atoms with van der Waals surface area (Å²) in [6, 6.07) is 5.16. The SMILES string of the molecule is COc1cc(Br)cc(-c2cc(C(=O)O)nn2C)c1OC(C)C. The zero-order valence-corrected chi connectivity index (χ0v) is 14.3. The predicted octanol–water partition coefficient (Wildman–Crippen LogP) is 3.34. The minimum Gasteiger partial charge on any atom is -0.493 e. The molecule has 0 bridgehead atoms. The van der Waals surface area contributed by atoms with Gasteiger partial charge in [-0.1, -0.05) is 15.9 Å². The standard InChI is InChI=1S/C15H17BrN2O4/c1-8(2)22-14-10(5-9(16)6-13(14)21-4)12-7-11(15(19)20)17-18(12)3/h5-8H,1-4H3,(H,19,20). The highest BCUT2D eigenvalue weighted by Gasteiger charge is 2.20. The highest BCUT2D eigenvalue weighted by atomic mass is 79.9. The van der Waals surface area contributed by atoms with E-state index in [-0.39, 0.29) is 11.8 Å². The van der Waals surface area contributed by atoms with Crippen LogP contribution in [0.5, 0.6) is 11.5 Å². The molecule has 2 rings (SSSR count). The van der Waals surface area contributed by atoms with Gasteiger partial charge in [0, 0.05) is 17.1 Å². The van der Waals surface area contributed by atoms with Crippen molar-refractivity contribution >= 4 is 21.9 Å². The highest BCUT2D eigenvalue weighted by Crippen LogP contribution is 2.41. The maximum atomic E-state index is 11.1. The first-order chi connectivity index (χ1) is 10.3. The van der Waals surface area contributed by atoms with Gasteiger partial charge in [0.25, 0.3) is 0 Å². The van der Waals surface area contributed by atoms with E-state index >= 15 is 0 Å². The third-order valence-electron chi connectivity index (χ3n) is 2.97. The number of aryl methyl sites for hydroxylation is 1. The van der Waals surface area contributed by atoms with E-state index < -0.39 is 5.97 Å². The summed E-state index contributed by atoms with van der Waals surface area (Å²) in [5.74, 6) is 0.0481. The van der Waals surface area contributed by atoms with Crippen LogP contribution in [0.2, 0.25) is 0 Å². The van der Waals surface area contributed by atoms with Crippen LogP contribution in [0.4, 0.5) is 0 Å². The van der Waals surface area contributed by atoms with Gasteiger partial charge >= 0.3 is 5.97 Å². The minimum atomic E-state index is -1.07. The number of aromatic nitrogens is 2. The lowest BCUT2D eigenvalue weighted by Crippen LogP contribution is -2.08. The van der Waals surface area contributed by atoms with Gasteiger partial charge in [-0.05, 0) is 32.0 Å². The smallest absolute Gasteiger partial charge is 0.356 e. The Morgan fingerprint density at radius 3 is 2.55 bits per heavy atom. The first-order valence-corrected chi connectivity index (χ1v) is 7.44. The average Bonchev–Trinajstić information content (AvgIpc) is 2.82. The molecule has 0 aliphatic rings. The zero-order chi connectivity index (χ0) is 16.4. The molecule has 6 nitrogen and oxygen atoms in total. The lowest BCUT2D eigenvalue weighted by atomic mass is 10.1. The fourth-order valence-corrected chi connectivity index (χ4v) is 2.53. The fraction of sp³-hybridized carbons (Fsp3) is 0.333. The molecule has 0 saturated heterocycles. The van der Waals surface area contributed by atoms with E-state index in [4.69, 9.17) is 14.6 Å². The molecule has 0 unspecified atom stereocenters. The summed E-state index contributed by atoms with van der Waals surface area (Å²) in [7, 11) is 3.25.